The number of aryl methyl sites for hydroxylation is 2. The first-order valence-corrected chi connectivity index (χ1v) is 8.16. The van der Waals surface area contributed by atoms with E-state index in [1.807, 2.05) is 18.5 Å². The van der Waals surface area contributed by atoms with Gasteiger partial charge in [0.1, 0.15) is 0 Å². The summed E-state index contributed by atoms with van der Waals surface area (Å²) in [6.07, 6.45) is 0.815. The van der Waals surface area contributed by atoms with Crippen LogP contribution in [0.25, 0.3) is 0 Å². The number of thiocarbonyl (C=S) groups is 1. The topological polar surface area (TPSA) is 85.0 Å². The van der Waals surface area contributed by atoms with Gasteiger partial charge < -0.3 is 10.6 Å². The van der Waals surface area contributed by atoms with Crippen molar-refractivity contribution in [1.82, 2.24) is 15.1 Å². The van der Waals surface area contributed by atoms with Gasteiger partial charge in [-0.25, -0.2) is 0 Å². The molecule has 9 heteroatoms. The third-order valence-electron chi connectivity index (χ3n) is 3.44. The van der Waals surface area contributed by atoms with Crippen molar-refractivity contribution in [3.8, 4) is 0 Å². The molecule has 2 rings (SSSR count). The second kappa shape index (κ2) is 8.07. The molecule has 0 aliphatic heterocycles. The van der Waals surface area contributed by atoms with E-state index in [0.717, 1.165) is 24.4 Å². The molecule has 0 bridgehead atoms. The highest BCUT2D eigenvalue weighted by Gasteiger charge is 2.09. The van der Waals surface area contributed by atoms with Crippen molar-refractivity contribution in [3.63, 3.8) is 0 Å². The fourth-order valence-electron chi connectivity index (χ4n) is 2.20. The molecule has 128 valence electrons. The van der Waals surface area contributed by atoms with E-state index in [2.05, 4.69) is 15.7 Å². The summed E-state index contributed by atoms with van der Waals surface area (Å²) < 4.78 is 1.87. The van der Waals surface area contributed by atoms with Crippen molar-refractivity contribution in [2.24, 2.45) is 0 Å². The van der Waals surface area contributed by atoms with Crippen LogP contribution in [0.2, 0.25) is 5.02 Å². The number of halogens is 1. The first-order valence-electron chi connectivity index (χ1n) is 7.37. The van der Waals surface area contributed by atoms with Crippen LogP contribution in [0.5, 0.6) is 0 Å². The van der Waals surface area contributed by atoms with E-state index < -0.39 is 4.92 Å². The van der Waals surface area contributed by atoms with Crippen LogP contribution in [0, 0.1) is 24.0 Å². The second-order valence-electron chi connectivity index (χ2n) is 5.25. The summed E-state index contributed by atoms with van der Waals surface area (Å²) in [5.74, 6) is 0. The molecule has 0 saturated carbocycles. The van der Waals surface area contributed by atoms with E-state index in [0.29, 0.717) is 22.4 Å². The first kappa shape index (κ1) is 18.2. The van der Waals surface area contributed by atoms with Gasteiger partial charge in [-0.1, -0.05) is 17.7 Å². The summed E-state index contributed by atoms with van der Waals surface area (Å²) in [4.78, 5) is 10.3. The molecular weight excluding hydrogens is 350 g/mol. The predicted octanol–water partition coefficient (Wildman–Crippen LogP) is 3.44. The van der Waals surface area contributed by atoms with E-state index in [4.69, 9.17) is 23.8 Å². The lowest BCUT2D eigenvalue weighted by atomic mass is 10.3. The summed E-state index contributed by atoms with van der Waals surface area (Å²) in [6.45, 7) is 5.19. The summed E-state index contributed by atoms with van der Waals surface area (Å²) in [5.41, 5.74) is 2.37. The van der Waals surface area contributed by atoms with Gasteiger partial charge in [-0.15, -0.1) is 0 Å². The molecule has 1 aromatic carbocycles. The molecule has 1 heterocycles. The second-order valence-corrected chi connectivity index (χ2v) is 6.04. The lowest BCUT2D eigenvalue weighted by Crippen LogP contribution is -2.29. The Morgan fingerprint density at radius 3 is 2.83 bits per heavy atom. The quantitative estimate of drug-likeness (QED) is 0.352. The highest BCUT2D eigenvalue weighted by molar-refractivity contribution is 7.80. The third kappa shape index (κ3) is 4.65. The van der Waals surface area contributed by atoms with Gasteiger partial charge in [0.05, 0.1) is 21.3 Å². The zero-order valence-corrected chi connectivity index (χ0v) is 14.9. The Morgan fingerprint density at radius 2 is 2.21 bits per heavy atom. The van der Waals surface area contributed by atoms with Crippen molar-refractivity contribution >= 4 is 40.3 Å². The Labute approximate surface area is 150 Å². The Bertz CT molecular complexity index is 762. The molecule has 0 radical (unpaired) electrons. The van der Waals surface area contributed by atoms with Crippen molar-refractivity contribution in [2.75, 3.05) is 11.9 Å². The number of nitro groups is 1. The van der Waals surface area contributed by atoms with Gasteiger partial charge in [0.15, 0.2) is 5.11 Å². The Morgan fingerprint density at radius 1 is 1.46 bits per heavy atom. The van der Waals surface area contributed by atoms with Crippen LogP contribution in [0.1, 0.15) is 17.8 Å². The van der Waals surface area contributed by atoms with Gasteiger partial charge in [-0.05, 0) is 38.6 Å². The van der Waals surface area contributed by atoms with E-state index >= 15 is 0 Å². The van der Waals surface area contributed by atoms with Crippen LogP contribution < -0.4 is 10.6 Å². The molecule has 7 nitrogen and oxygen atoms in total. The predicted molar refractivity (Wildman–Crippen MR) is 98.6 cm³/mol. The minimum atomic E-state index is -0.443. The first-order chi connectivity index (χ1) is 11.4. The molecule has 0 unspecified atom stereocenters. The molecular formula is C15H18ClN5O2S. The number of aromatic nitrogens is 2. The van der Waals surface area contributed by atoms with E-state index in [1.165, 1.54) is 12.1 Å². The van der Waals surface area contributed by atoms with Crippen LogP contribution in [0.3, 0.4) is 0 Å². The molecule has 1 aromatic heterocycles. The van der Waals surface area contributed by atoms with Crippen molar-refractivity contribution in [1.29, 1.82) is 0 Å². The summed E-state index contributed by atoms with van der Waals surface area (Å²) >= 11 is 11.3. The Hall–Kier alpha value is -2.19. The molecule has 0 spiro atoms. The van der Waals surface area contributed by atoms with E-state index in [9.17, 15) is 10.1 Å². The largest absolute Gasteiger partial charge is 0.362 e. The Balaban J connectivity index is 1.78. The number of hydrogen-bond donors (Lipinski definition) is 2. The maximum absolute atomic E-state index is 10.7. The smallest absolute Gasteiger partial charge is 0.271 e. The number of nitrogens with one attached hydrogen (secondary N) is 2. The summed E-state index contributed by atoms with van der Waals surface area (Å²) in [6, 6.07) is 6.20. The van der Waals surface area contributed by atoms with Crippen LogP contribution in [0.15, 0.2) is 24.3 Å². The van der Waals surface area contributed by atoms with E-state index in [1.54, 1.807) is 12.1 Å². The zero-order chi connectivity index (χ0) is 17.7. The summed E-state index contributed by atoms with van der Waals surface area (Å²) in [5, 5.41) is 22.2. The number of anilines is 1. The van der Waals surface area contributed by atoms with Gasteiger partial charge in [0.25, 0.3) is 5.69 Å². The SMILES string of the molecule is Cc1nn(CCCNC(=S)Nc2cccc([N+](=O)[O-])c2)c(C)c1Cl. The normalized spacial score (nSPS) is 10.5. The molecule has 0 aliphatic carbocycles. The maximum Gasteiger partial charge on any atom is 0.271 e. The monoisotopic (exact) mass is 367 g/mol. The number of hydrogen-bond acceptors (Lipinski definition) is 4. The average Bonchev–Trinajstić information content (AvgIpc) is 2.79. The van der Waals surface area contributed by atoms with Gasteiger partial charge in [0.2, 0.25) is 0 Å². The summed E-state index contributed by atoms with van der Waals surface area (Å²) in [7, 11) is 0. The molecule has 2 N–H and O–H groups in total. The molecule has 2 aromatic rings. The third-order valence-corrected chi connectivity index (χ3v) is 4.23. The van der Waals surface area contributed by atoms with Gasteiger partial charge in [-0.3, -0.25) is 14.8 Å². The van der Waals surface area contributed by atoms with Crippen molar-refractivity contribution in [2.45, 2.75) is 26.8 Å². The molecule has 0 atom stereocenters. The number of nitrogens with zero attached hydrogens (tertiary/aromatic N) is 3. The highest BCUT2D eigenvalue weighted by Crippen LogP contribution is 2.19. The standard InChI is InChI=1S/C15H18ClN5O2S/c1-10-14(16)11(2)20(19-10)8-4-7-17-15(24)18-12-5-3-6-13(9-12)21(22)23/h3,5-6,9H,4,7-8H2,1-2H3,(H2,17,18,24). The number of nitro benzene ring substituents is 1. The molecule has 0 amide bonds. The minimum Gasteiger partial charge on any atom is -0.362 e. The van der Waals surface area contributed by atoms with Gasteiger partial charge in [0, 0.05) is 30.9 Å². The fourth-order valence-corrected chi connectivity index (χ4v) is 2.55. The van der Waals surface area contributed by atoms with E-state index in [-0.39, 0.29) is 5.69 Å². The lowest BCUT2D eigenvalue weighted by Gasteiger charge is -2.11. The zero-order valence-electron chi connectivity index (χ0n) is 13.4. The van der Waals surface area contributed by atoms with Crippen molar-refractivity contribution in [3.05, 3.63) is 50.8 Å². The fraction of sp³-hybridized carbons (Fsp3) is 0.333. The molecule has 0 saturated heterocycles. The molecule has 24 heavy (non-hydrogen) atoms. The van der Waals surface area contributed by atoms with Crippen molar-refractivity contribution < 1.29 is 4.92 Å². The minimum absolute atomic E-state index is 0.0178. The number of benzene rings is 1. The van der Waals surface area contributed by atoms with Gasteiger partial charge in [-0.2, -0.15) is 5.10 Å². The van der Waals surface area contributed by atoms with Crippen LogP contribution in [-0.2, 0) is 6.54 Å². The van der Waals surface area contributed by atoms with Gasteiger partial charge >= 0.3 is 0 Å². The van der Waals surface area contributed by atoms with Crippen LogP contribution in [0.4, 0.5) is 11.4 Å². The average molecular weight is 368 g/mol. The number of non-ortho nitro benzene ring substituents is 1. The number of rotatable bonds is 6. The molecule has 0 aliphatic rings. The van der Waals surface area contributed by atoms with Crippen LogP contribution >= 0.6 is 23.8 Å². The molecule has 0 fully saturated rings. The Kier molecular flexibility index (Phi) is 6.10. The highest BCUT2D eigenvalue weighted by atomic mass is 35.5. The van der Waals surface area contributed by atoms with Crippen LogP contribution in [-0.4, -0.2) is 26.4 Å². The maximum atomic E-state index is 10.7. The lowest BCUT2D eigenvalue weighted by molar-refractivity contribution is -0.384.